The number of carbonyl (C=O) groups is 2. The molecule has 1 amide bonds. The van der Waals surface area contributed by atoms with Crippen LogP contribution in [-0.4, -0.2) is 40.2 Å². The van der Waals surface area contributed by atoms with Crippen LogP contribution in [0.25, 0.3) is 11.0 Å². The fourth-order valence-electron chi connectivity index (χ4n) is 3.62. The van der Waals surface area contributed by atoms with E-state index < -0.39 is 18.5 Å². The summed E-state index contributed by atoms with van der Waals surface area (Å²) < 4.78 is 7.88. The maximum atomic E-state index is 12.4. The minimum Gasteiger partial charge on any atom is -0.454 e. The summed E-state index contributed by atoms with van der Waals surface area (Å²) in [5, 5.41) is 2.71. The number of hydrogen-bond acceptors (Lipinski definition) is 5. The van der Waals surface area contributed by atoms with Crippen molar-refractivity contribution in [1.29, 1.82) is 0 Å². The number of aryl methyl sites for hydroxylation is 1. The van der Waals surface area contributed by atoms with Crippen molar-refractivity contribution >= 4 is 34.3 Å². The van der Waals surface area contributed by atoms with Crippen molar-refractivity contribution in [1.82, 2.24) is 9.13 Å². The van der Waals surface area contributed by atoms with Crippen LogP contribution in [0, 0.1) is 0 Å². The molecular formula is C23H28N4O4. The van der Waals surface area contributed by atoms with Crippen LogP contribution < -0.4 is 15.9 Å². The van der Waals surface area contributed by atoms with Gasteiger partial charge in [0.2, 0.25) is 0 Å². The molecule has 8 heteroatoms. The van der Waals surface area contributed by atoms with Crippen LogP contribution in [0.2, 0.25) is 0 Å². The normalized spacial score (nSPS) is 11.0. The van der Waals surface area contributed by atoms with E-state index in [0.29, 0.717) is 17.2 Å². The molecule has 2 aromatic carbocycles. The summed E-state index contributed by atoms with van der Waals surface area (Å²) in [6.07, 6.45) is 0. The first-order valence-electron chi connectivity index (χ1n) is 10.3. The summed E-state index contributed by atoms with van der Waals surface area (Å²) in [7, 11) is 1.64. The van der Waals surface area contributed by atoms with Crippen LogP contribution in [0.1, 0.15) is 20.8 Å². The Hall–Kier alpha value is -3.55. The number of aromatic nitrogens is 2. The van der Waals surface area contributed by atoms with Gasteiger partial charge in [-0.15, -0.1) is 0 Å². The van der Waals surface area contributed by atoms with Gasteiger partial charge in [0.1, 0.15) is 6.54 Å². The standard InChI is InChI=1S/C23H28N4O4/c1-5-26(16(2)3)18-12-10-17(11-13-18)24-21(28)15-31-22(29)14-27-20-9-7-6-8-19(20)25(4)23(27)30/h6-13,16H,5,14-15H2,1-4H3,(H,24,28). The molecule has 164 valence electrons. The molecule has 3 aromatic rings. The maximum Gasteiger partial charge on any atom is 0.329 e. The lowest BCUT2D eigenvalue weighted by Gasteiger charge is -2.27. The van der Waals surface area contributed by atoms with E-state index in [1.807, 2.05) is 30.3 Å². The van der Waals surface area contributed by atoms with Gasteiger partial charge in [0.05, 0.1) is 11.0 Å². The molecule has 0 spiro atoms. The van der Waals surface area contributed by atoms with E-state index in [0.717, 1.165) is 17.7 Å². The van der Waals surface area contributed by atoms with Gasteiger partial charge in [0.25, 0.3) is 5.91 Å². The average Bonchev–Trinajstić information content (AvgIpc) is 2.99. The Balaban J connectivity index is 1.56. The molecule has 0 bridgehead atoms. The zero-order valence-corrected chi connectivity index (χ0v) is 18.3. The van der Waals surface area contributed by atoms with Crippen molar-refractivity contribution in [3.63, 3.8) is 0 Å². The number of imidazole rings is 1. The number of hydrogen-bond donors (Lipinski definition) is 1. The first-order valence-corrected chi connectivity index (χ1v) is 10.3. The van der Waals surface area contributed by atoms with Crippen molar-refractivity contribution in [2.75, 3.05) is 23.4 Å². The van der Waals surface area contributed by atoms with Gasteiger partial charge in [0, 0.05) is 31.0 Å². The van der Waals surface area contributed by atoms with Crippen LogP contribution in [0.5, 0.6) is 0 Å². The van der Waals surface area contributed by atoms with Gasteiger partial charge >= 0.3 is 11.7 Å². The summed E-state index contributed by atoms with van der Waals surface area (Å²) in [6, 6.07) is 15.1. The second-order valence-electron chi connectivity index (χ2n) is 7.55. The van der Waals surface area contributed by atoms with Crippen molar-refractivity contribution in [2.45, 2.75) is 33.4 Å². The molecule has 0 fully saturated rings. The van der Waals surface area contributed by atoms with Crippen LogP contribution in [0.15, 0.2) is 53.3 Å². The van der Waals surface area contributed by atoms with Crippen molar-refractivity contribution < 1.29 is 14.3 Å². The van der Waals surface area contributed by atoms with Gasteiger partial charge in [-0.1, -0.05) is 12.1 Å². The molecule has 31 heavy (non-hydrogen) atoms. The van der Waals surface area contributed by atoms with E-state index >= 15 is 0 Å². The largest absolute Gasteiger partial charge is 0.454 e. The van der Waals surface area contributed by atoms with E-state index in [9.17, 15) is 14.4 Å². The third-order valence-corrected chi connectivity index (χ3v) is 5.15. The van der Waals surface area contributed by atoms with Crippen LogP contribution >= 0.6 is 0 Å². The van der Waals surface area contributed by atoms with Crippen molar-refractivity contribution in [3.8, 4) is 0 Å². The highest BCUT2D eigenvalue weighted by molar-refractivity contribution is 5.93. The Labute approximate surface area is 181 Å². The number of fused-ring (bicyclic) bond motifs is 1. The number of ether oxygens (including phenoxy) is 1. The van der Waals surface area contributed by atoms with E-state index in [1.165, 1.54) is 9.13 Å². The number of esters is 1. The minimum absolute atomic E-state index is 0.260. The van der Waals surface area contributed by atoms with Crippen LogP contribution in [0.3, 0.4) is 0 Å². The Bertz CT molecular complexity index is 1130. The molecule has 0 radical (unpaired) electrons. The summed E-state index contributed by atoms with van der Waals surface area (Å²) in [6.45, 7) is 6.55. The zero-order chi connectivity index (χ0) is 22.5. The Kier molecular flexibility index (Phi) is 6.79. The lowest BCUT2D eigenvalue weighted by molar-refractivity contribution is -0.147. The molecule has 3 rings (SSSR count). The quantitative estimate of drug-likeness (QED) is 0.562. The SMILES string of the molecule is CCN(c1ccc(NC(=O)COC(=O)Cn2c(=O)n(C)c3ccccc32)cc1)C(C)C. The van der Waals surface area contributed by atoms with Crippen molar-refractivity contribution in [3.05, 3.63) is 59.0 Å². The molecular weight excluding hydrogens is 396 g/mol. The van der Waals surface area contributed by atoms with E-state index in [2.05, 4.69) is 31.0 Å². The lowest BCUT2D eigenvalue weighted by Crippen LogP contribution is -2.30. The predicted molar refractivity (Wildman–Crippen MR) is 121 cm³/mol. The van der Waals surface area contributed by atoms with Gasteiger partial charge < -0.3 is 15.0 Å². The molecule has 1 aromatic heterocycles. The van der Waals surface area contributed by atoms with Gasteiger partial charge in [-0.2, -0.15) is 0 Å². The molecule has 0 atom stereocenters. The van der Waals surface area contributed by atoms with Gasteiger partial charge in [-0.25, -0.2) is 4.79 Å². The Morgan fingerprint density at radius 1 is 1.06 bits per heavy atom. The Morgan fingerprint density at radius 2 is 1.71 bits per heavy atom. The number of anilines is 2. The average molecular weight is 425 g/mol. The highest BCUT2D eigenvalue weighted by Gasteiger charge is 2.15. The Morgan fingerprint density at radius 3 is 2.32 bits per heavy atom. The highest BCUT2D eigenvalue weighted by atomic mass is 16.5. The molecule has 1 N–H and O–H groups in total. The van der Waals surface area contributed by atoms with Gasteiger partial charge in [-0.05, 0) is 57.2 Å². The first-order chi connectivity index (χ1) is 14.8. The second-order valence-corrected chi connectivity index (χ2v) is 7.55. The molecule has 0 aliphatic rings. The number of nitrogens with zero attached hydrogens (tertiary/aromatic N) is 3. The molecule has 0 aliphatic heterocycles. The third kappa shape index (κ3) is 4.96. The van der Waals surface area contributed by atoms with Crippen LogP contribution in [0.4, 0.5) is 11.4 Å². The van der Waals surface area contributed by atoms with Gasteiger partial charge in [-0.3, -0.25) is 18.7 Å². The highest BCUT2D eigenvalue weighted by Crippen LogP contribution is 2.20. The van der Waals surface area contributed by atoms with E-state index in [-0.39, 0.29) is 12.2 Å². The fourth-order valence-corrected chi connectivity index (χ4v) is 3.62. The maximum absolute atomic E-state index is 12.4. The molecule has 1 heterocycles. The van der Waals surface area contributed by atoms with Crippen LogP contribution in [-0.2, 0) is 27.9 Å². The molecule has 0 saturated heterocycles. The molecule has 8 nitrogen and oxygen atoms in total. The lowest BCUT2D eigenvalue weighted by atomic mass is 10.2. The number of amides is 1. The summed E-state index contributed by atoms with van der Waals surface area (Å²) in [4.78, 5) is 39.0. The van der Waals surface area contributed by atoms with Crippen molar-refractivity contribution in [2.24, 2.45) is 7.05 Å². The summed E-state index contributed by atoms with van der Waals surface area (Å²) in [5.74, 6) is -1.10. The monoisotopic (exact) mass is 424 g/mol. The number of rotatable bonds is 8. The van der Waals surface area contributed by atoms with E-state index in [1.54, 1.807) is 25.2 Å². The molecule has 0 saturated carbocycles. The molecule has 0 unspecified atom stereocenters. The summed E-state index contributed by atoms with van der Waals surface area (Å²) in [5.41, 5.74) is 2.74. The number of carbonyl (C=O) groups excluding carboxylic acids is 2. The molecule has 0 aliphatic carbocycles. The van der Waals surface area contributed by atoms with Gasteiger partial charge in [0.15, 0.2) is 6.61 Å². The zero-order valence-electron chi connectivity index (χ0n) is 18.3. The van der Waals surface area contributed by atoms with E-state index in [4.69, 9.17) is 4.74 Å². The minimum atomic E-state index is -0.653. The summed E-state index contributed by atoms with van der Waals surface area (Å²) >= 11 is 0. The topological polar surface area (TPSA) is 85.6 Å². The second kappa shape index (κ2) is 9.51. The smallest absolute Gasteiger partial charge is 0.329 e. The number of benzene rings is 2. The fraction of sp³-hybridized carbons (Fsp3) is 0.348. The predicted octanol–water partition coefficient (Wildman–Crippen LogP) is 2.76. The first kappa shape index (κ1) is 22.1. The third-order valence-electron chi connectivity index (χ3n) is 5.15. The number of nitrogens with one attached hydrogen (secondary N) is 1. The number of para-hydroxylation sites is 2.